The SMILES string of the molecule is N#CC(=C1C2CC3CC(C2)CC1C3)c1cccc(Cl)c1. The van der Waals surface area contributed by atoms with E-state index in [0.717, 1.165) is 28.0 Å². The Hall–Kier alpha value is -1.26. The summed E-state index contributed by atoms with van der Waals surface area (Å²) in [5.41, 5.74) is 3.39. The van der Waals surface area contributed by atoms with Crippen molar-refractivity contribution in [3.8, 4) is 6.07 Å². The molecule has 0 amide bonds. The number of halogens is 1. The second-order valence-electron chi connectivity index (χ2n) is 6.76. The van der Waals surface area contributed by atoms with E-state index in [1.165, 1.54) is 37.7 Å². The summed E-state index contributed by atoms with van der Waals surface area (Å²) in [5, 5.41) is 10.4. The van der Waals surface area contributed by atoms with Crippen molar-refractivity contribution < 1.29 is 0 Å². The fourth-order valence-corrected chi connectivity index (χ4v) is 5.23. The van der Waals surface area contributed by atoms with E-state index in [-0.39, 0.29) is 0 Å². The van der Waals surface area contributed by atoms with Crippen LogP contribution in [0.3, 0.4) is 0 Å². The Morgan fingerprint density at radius 1 is 1.05 bits per heavy atom. The molecule has 20 heavy (non-hydrogen) atoms. The average Bonchev–Trinajstić information content (AvgIpc) is 2.42. The van der Waals surface area contributed by atoms with Crippen molar-refractivity contribution in [3.05, 3.63) is 40.4 Å². The van der Waals surface area contributed by atoms with Gasteiger partial charge in [0.25, 0.3) is 0 Å². The fourth-order valence-electron chi connectivity index (χ4n) is 5.04. The highest BCUT2D eigenvalue weighted by atomic mass is 35.5. The van der Waals surface area contributed by atoms with Gasteiger partial charge in [0.1, 0.15) is 0 Å². The molecule has 0 heterocycles. The van der Waals surface area contributed by atoms with Gasteiger partial charge in [-0.2, -0.15) is 5.26 Å². The van der Waals surface area contributed by atoms with E-state index in [1.54, 1.807) is 0 Å². The van der Waals surface area contributed by atoms with Crippen LogP contribution in [0, 0.1) is 35.0 Å². The highest BCUT2D eigenvalue weighted by Gasteiger charge is 2.46. The van der Waals surface area contributed by atoms with Gasteiger partial charge in [0.2, 0.25) is 0 Å². The van der Waals surface area contributed by atoms with Crippen molar-refractivity contribution in [2.45, 2.75) is 32.1 Å². The first kappa shape index (κ1) is 12.5. The normalized spacial score (nSPS) is 34.1. The van der Waals surface area contributed by atoms with Crippen LogP contribution in [-0.4, -0.2) is 0 Å². The lowest BCUT2D eigenvalue weighted by atomic mass is 9.53. The van der Waals surface area contributed by atoms with Crippen LogP contribution in [-0.2, 0) is 0 Å². The third-order valence-electron chi connectivity index (χ3n) is 5.53. The van der Waals surface area contributed by atoms with Crippen molar-refractivity contribution in [1.82, 2.24) is 0 Å². The summed E-state index contributed by atoms with van der Waals surface area (Å²) in [4.78, 5) is 0. The molecule has 4 saturated carbocycles. The molecule has 4 bridgehead atoms. The molecule has 5 rings (SSSR count). The Bertz CT molecular complexity index is 593. The number of benzene rings is 1. The summed E-state index contributed by atoms with van der Waals surface area (Å²) in [6, 6.07) is 10.3. The molecule has 0 saturated heterocycles. The predicted octanol–water partition coefficient (Wildman–Crippen LogP) is 5.07. The number of hydrogen-bond donors (Lipinski definition) is 0. The minimum Gasteiger partial charge on any atom is -0.192 e. The monoisotopic (exact) mass is 283 g/mol. The molecule has 1 aromatic rings. The number of allylic oxidation sites excluding steroid dienone is 2. The average molecular weight is 284 g/mol. The molecule has 0 radical (unpaired) electrons. The summed E-state index contributed by atoms with van der Waals surface area (Å²) in [6.07, 6.45) is 6.70. The minimum absolute atomic E-state index is 0.667. The molecule has 0 aromatic heterocycles. The smallest absolute Gasteiger partial charge is 0.0997 e. The maximum atomic E-state index is 9.70. The van der Waals surface area contributed by atoms with E-state index in [9.17, 15) is 5.26 Å². The molecule has 0 unspecified atom stereocenters. The van der Waals surface area contributed by atoms with Crippen LogP contribution in [0.15, 0.2) is 29.8 Å². The van der Waals surface area contributed by atoms with Crippen molar-refractivity contribution in [2.75, 3.05) is 0 Å². The minimum atomic E-state index is 0.667. The number of nitrogens with zero attached hydrogens (tertiary/aromatic N) is 1. The molecule has 0 N–H and O–H groups in total. The zero-order chi connectivity index (χ0) is 13.7. The largest absolute Gasteiger partial charge is 0.192 e. The van der Waals surface area contributed by atoms with Crippen LogP contribution in [0.1, 0.15) is 37.7 Å². The van der Waals surface area contributed by atoms with Crippen LogP contribution >= 0.6 is 11.6 Å². The number of rotatable bonds is 1. The third-order valence-corrected chi connectivity index (χ3v) is 5.77. The van der Waals surface area contributed by atoms with Crippen LogP contribution in [0.4, 0.5) is 0 Å². The first-order valence-corrected chi connectivity index (χ1v) is 8.02. The summed E-state index contributed by atoms with van der Waals surface area (Å²) < 4.78 is 0. The van der Waals surface area contributed by atoms with Crippen LogP contribution in [0.2, 0.25) is 5.02 Å². The quantitative estimate of drug-likeness (QED) is 0.660. The maximum absolute atomic E-state index is 9.70. The van der Waals surface area contributed by atoms with E-state index in [0.29, 0.717) is 11.8 Å². The Morgan fingerprint density at radius 2 is 1.70 bits per heavy atom. The molecule has 4 aliphatic rings. The van der Waals surface area contributed by atoms with E-state index in [4.69, 9.17) is 11.6 Å². The zero-order valence-electron chi connectivity index (χ0n) is 11.5. The van der Waals surface area contributed by atoms with E-state index in [1.807, 2.05) is 24.3 Å². The summed E-state index contributed by atoms with van der Waals surface area (Å²) in [6.45, 7) is 0. The maximum Gasteiger partial charge on any atom is 0.0997 e. The van der Waals surface area contributed by atoms with Gasteiger partial charge in [-0.15, -0.1) is 0 Å². The summed E-state index contributed by atoms with van der Waals surface area (Å²) >= 11 is 6.10. The Kier molecular flexibility index (Phi) is 2.89. The van der Waals surface area contributed by atoms with Gasteiger partial charge in [-0.1, -0.05) is 23.7 Å². The van der Waals surface area contributed by atoms with Crippen molar-refractivity contribution in [1.29, 1.82) is 5.26 Å². The second kappa shape index (κ2) is 4.64. The highest BCUT2D eigenvalue weighted by molar-refractivity contribution is 6.30. The highest BCUT2D eigenvalue weighted by Crippen LogP contribution is 2.57. The first-order chi connectivity index (χ1) is 9.74. The number of nitriles is 1. The van der Waals surface area contributed by atoms with Gasteiger partial charge in [0.15, 0.2) is 0 Å². The van der Waals surface area contributed by atoms with Gasteiger partial charge in [-0.3, -0.25) is 0 Å². The third kappa shape index (κ3) is 1.90. The summed E-state index contributed by atoms with van der Waals surface area (Å²) in [5.74, 6) is 3.20. The molecule has 1 aromatic carbocycles. The Morgan fingerprint density at radius 3 is 2.25 bits per heavy atom. The molecule has 102 valence electrons. The van der Waals surface area contributed by atoms with Gasteiger partial charge in [-0.05, 0) is 79.0 Å². The van der Waals surface area contributed by atoms with Gasteiger partial charge in [-0.25, -0.2) is 0 Å². The molecule has 0 spiro atoms. The fraction of sp³-hybridized carbons (Fsp3) is 0.500. The standard InChI is InChI=1S/C18H18ClN/c19-16-3-1-2-13(9-16)17(10-20)18-14-5-11-4-12(7-14)8-15(18)6-11/h1-3,9,11-12,14-15H,4-8H2. The molecule has 4 fully saturated rings. The number of hydrogen-bond acceptors (Lipinski definition) is 1. The lowest BCUT2D eigenvalue weighted by Gasteiger charge is -2.51. The zero-order valence-corrected chi connectivity index (χ0v) is 12.2. The van der Waals surface area contributed by atoms with Crippen molar-refractivity contribution in [3.63, 3.8) is 0 Å². The van der Waals surface area contributed by atoms with Crippen LogP contribution in [0.5, 0.6) is 0 Å². The lowest BCUT2D eigenvalue weighted by Crippen LogP contribution is -2.40. The first-order valence-electron chi connectivity index (χ1n) is 7.64. The van der Waals surface area contributed by atoms with Crippen molar-refractivity contribution in [2.24, 2.45) is 23.7 Å². The molecule has 4 aliphatic carbocycles. The van der Waals surface area contributed by atoms with E-state index < -0.39 is 0 Å². The molecule has 0 atom stereocenters. The predicted molar refractivity (Wildman–Crippen MR) is 81.0 cm³/mol. The summed E-state index contributed by atoms with van der Waals surface area (Å²) in [7, 11) is 0. The molecule has 1 nitrogen and oxygen atoms in total. The van der Waals surface area contributed by atoms with Crippen molar-refractivity contribution >= 4 is 17.2 Å². The van der Waals surface area contributed by atoms with Crippen LogP contribution < -0.4 is 0 Å². The van der Waals surface area contributed by atoms with E-state index in [2.05, 4.69) is 6.07 Å². The van der Waals surface area contributed by atoms with Gasteiger partial charge in [0.05, 0.1) is 11.6 Å². The topological polar surface area (TPSA) is 23.8 Å². The van der Waals surface area contributed by atoms with E-state index >= 15 is 0 Å². The van der Waals surface area contributed by atoms with Gasteiger partial charge >= 0.3 is 0 Å². The molecule has 2 heteroatoms. The second-order valence-corrected chi connectivity index (χ2v) is 7.19. The Balaban J connectivity index is 1.82. The molecule has 0 aliphatic heterocycles. The Labute approximate surface area is 125 Å². The molecular weight excluding hydrogens is 266 g/mol. The molecular formula is C18H18ClN. The lowest BCUT2D eigenvalue weighted by molar-refractivity contribution is 0.0706. The van der Waals surface area contributed by atoms with Crippen LogP contribution in [0.25, 0.3) is 5.57 Å². The van der Waals surface area contributed by atoms with Gasteiger partial charge in [0, 0.05) is 5.02 Å². The van der Waals surface area contributed by atoms with Gasteiger partial charge < -0.3 is 0 Å².